The molecule has 0 radical (unpaired) electrons. The van der Waals surface area contributed by atoms with E-state index in [9.17, 15) is 18.0 Å². The summed E-state index contributed by atoms with van der Waals surface area (Å²) in [6.07, 6.45) is 1.32. The minimum atomic E-state index is -3.89. The number of carbonyl (C=O) groups is 2. The van der Waals surface area contributed by atoms with Crippen molar-refractivity contribution in [2.75, 3.05) is 24.2 Å². The van der Waals surface area contributed by atoms with Crippen LogP contribution in [-0.4, -0.2) is 57.1 Å². The van der Waals surface area contributed by atoms with Crippen molar-refractivity contribution in [3.8, 4) is 5.75 Å². The van der Waals surface area contributed by atoms with Crippen LogP contribution in [-0.2, 0) is 26.2 Å². The summed E-state index contributed by atoms with van der Waals surface area (Å²) in [7, 11) is -2.34. The van der Waals surface area contributed by atoms with Gasteiger partial charge in [0.05, 0.1) is 24.1 Å². The van der Waals surface area contributed by atoms with Gasteiger partial charge >= 0.3 is 0 Å². The molecule has 1 atom stereocenters. The highest BCUT2D eigenvalue weighted by molar-refractivity contribution is 7.92. The Kier molecular flexibility index (Phi) is 10.2. The Morgan fingerprint density at radius 3 is 2.20 bits per heavy atom. The third kappa shape index (κ3) is 8.02. The van der Waals surface area contributed by atoms with Gasteiger partial charge in [0.15, 0.2) is 0 Å². The van der Waals surface area contributed by atoms with E-state index in [0.717, 1.165) is 16.1 Å². The van der Waals surface area contributed by atoms with Crippen LogP contribution in [0.5, 0.6) is 5.75 Å². The number of methoxy groups -OCH3 is 1. The fraction of sp³-hybridized carbons (Fsp3) is 0.417. The number of hydrogen-bond donors (Lipinski definition) is 1. The van der Waals surface area contributed by atoms with Crippen LogP contribution in [0.25, 0.3) is 0 Å². The molecule has 0 saturated heterocycles. The minimum absolute atomic E-state index is 0.0852. The summed E-state index contributed by atoms with van der Waals surface area (Å²) in [6.45, 7) is 5.01. The second kappa shape index (κ2) is 12.5. The SMILES string of the molecule is CC[C@@H](C(=O)NC(C)C)N(Cc1ccc(OC)cc1)C(=O)CN(c1ccc(Cl)cc1Cl)S(C)(=O)=O. The van der Waals surface area contributed by atoms with Gasteiger partial charge in [0.1, 0.15) is 18.3 Å². The molecule has 0 heterocycles. The summed E-state index contributed by atoms with van der Waals surface area (Å²) >= 11 is 12.2. The van der Waals surface area contributed by atoms with Crippen molar-refractivity contribution in [2.45, 2.75) is 45.8 Å². The molecule has 0 spiro atoms. The fourth-order valence-corrected chi connectivity index (χ4v) is 4.93. The number of rotatable bonds is 11. The van der Waals surface area contributed by atoms with Crippen LogP contribution in [0.4, 0.5) is 5.69 Å². The van der Waals surface area contributed by atoms with Crippen LogP contribution in [0.15, 0.2) is 42.5 Å². The van der Waals surface area contributed by atoms with E-state index in [4.69, 9.17) is 27.9 Å². The molecule has 0 aliphatic heterocycles. The quantitative estimate of drug-likeness (QED) is 0.460. The Morgan fingerprint density at radius 1 is 1.09 bits per heavy atom. The Hall–Kier alpha value is -2.49. The first-order valence-electron chi connectivity index (χ1n) is 11.0. The maximum absolute atomic E-state index is 13.6. The van der Waals surface area contributed by atoms with Gasteiger partial charge < -0.3 is 15.0 Å². The van der Waals surface area contributed by atoms with Crippen molar-refractivity contribution in [1.82, 2.24) is 10.2 Å². The highest BCUT2D eigenvalue weighted by Crippen LogP contribution is 2.30. The predicted octanol–water partition coefficient (Wildman–Crippen LogP) is 4.10. The molecule has 0 aromatic heterocycles. The van der Waals surface area contributed by atoms with Crippen molar-refractivity contribution in [1.29, 1.82) is 0 Å². The van der Waals surface area contributed by atoms with Gasteiger partial charge in [-0.25, -0.2) is 8.42 Å². The molecule has 2 rings (SSSR count). The van der Waals surface area contributed by atoms with E-state index in [1.54, 1.807) is 38.3 Å². The van der Waals surface area contributed by atoms with Gasteiger partial charge in [-0.1, -0.05) is 42.3 Å². The molecule has 0 unspecified atom stereocenters. The topological polar surface area (TPSA) is 96.0 Å². The average Bonchev–Trinajstić information content (AvgIpc) is 2.77. The van der Waals surface area contributed by atoms with Gasteiger partial charge in [0.2, 0.25) is 21.8 Å². The minimum Gasteiger partial charge on any atom is -0.497 e. The van der Waals surface area contributed by atoms with Crippen LogP contribution in [0, 0.1) is 0 Å². The van der Waals surface area contributed by atoms with Gasteiger partial charge in [-0.2, -0.15) is 0 Å². The van der Waals surface area contributed by atoms with Gasteiger partial charge in [-0.15, -0.1) is 0 Å². The molecule has 11 heteroatoms. The summed E-state index contributed by atoms with van der Waals surface area (Å²) in [5.41, 5.74) is 0.876. The molecule has 0 bridgehead atoms. The molecule has 192 valence electrons. The highest BCUT2D eigenvalue weighted by atomic mass is 35.5. The zero-order valence-electron chi connectivity index (χ0n) is 20.4. The van der Waals surface area contributed by atoms with E-state index < -0.39 is 28.5 Å². The first kappa shape index (κ1) is 28.7. The number of hydrogen-bond acceptors (Lipinski definition) is 5. The van der Waals surface area contributed by atoms with Crippen LogP contribution in [0.3, 0.4) is 0 Å². The summed E-state index contributed by atoms with van der Waals surface area (Å²) in [4.78, 5) is 28.0. The molecule has 0 fully saturated rings. The molecule has 35 heavy (non-hydrogen) atoms. The van der Waals surface area contributed by atoms with Crippen LogP contribution >= 0.6 is 23.2 Å². The number of halogens is 2. The molecule has 8 nitrogen and oxygen atoms in total. The van der Waals surface area contributed by atoms with Crippen molar-refractivity contribution >= 4 is 50.7 Å². The second-order valence-electron chi connectivity index (χ2n) is 8.32. The Balaban J connectivity index is 2.46. The lowest BCUT2D eigenvalue weighted by molar-refractivity contribution is -0.140. The number of amides is 2. The lowest BCUT2D eigenvalue weighted by Gasteiger charge is -2.33. The number of benzene rings is 2. The molecule has 0 aliphatic carbocycles. The number of carbonyl (C=O) groups excluding carboxylic acids is 2. The Labute approximate surface area is 217 Å². The Morgan fingerprint density at radius 2 is 1.71 bits per heavy atom. The zero-order chi connectivity index (χ0) is 26.3. The predicted molar refractivity (Wildman–Crippen MR) is 140 cm³/mol. The third-order valence-corrected chi connectivity index (χ3v) is 6.85. The summed E-state index contributed by atoms with van der Waals surface area (Å²) in [5, 5.41) is 3.26. The van der Waals surface area contributed by atoms with Gasteiger partial charge in [-0.3, -0.25) is 13.9 Å². The number of nitrogens with one attached hydrogen (secondary N) is 1. The largest absolute Gasteiger partial charge is 0.497 e. The first-order valence-corrected chi connectivity index (χ1v) is 13.6. The van der Waals surface area contributed by atoms with Gasteiger partial charge in [-0.05, 0) is 56.2 Å². The second-order valence-corrected chi connectivity index (χ2v) is 11.1. The van der Waals surface area contributed by atoms with E-state index in [-0.39, 0.29) is 29.2 Å². The third-order valence-electron chi connectivity index (χ3n) is 5.19. The van der Waals surface area contributed by atoms with E-state index in [1.807, 2.05) is 13.8 Å². The fourth-order valence-electron chi connectivity index (χ4n) is 3.51. The first-order chi connectivity index (χ1) is 16.4. The van der Waals surface area contributed by atoms with E-state index in [1.165, 1.54) is 23.1 Å². The average molecular weight is 545 g/mol. The lowest BCUT2D eigenvalue weighted by Crippen LogP contribution is -2.53. The lowest BCUT2D eigenvalue weighted by atomic mass is 10.1. The summed E-state index contributed by atoms with van der Waals surface area (Å²) < 4.78 is 31.4. The van der Waals surface area contributed by atoms with Gasteiger partial charge in [0, 0.05) is 17.6 Å². The van der Waals surface area contributed by atoms with Crippen molar-refractivity contribution in [3.63, 3.8) is 0 Å². The summed E-state index contributed by atoms with van der Waals surface area (Å²) in [5.74, 6) is -0.223. The smallest absolute Gasteiger partial charge is 0.244 e. The highest BCUT2D eigenvalue weighted by Gasteiger charge is 2.32. The molecule has 2 aromatic carbocycles. The monoisotopic (exact) mass is 543 g/mol. The maximum atomic E-state index is 13.6. The maximum Gasteiger partial charge on any atom is 0.244 e. The molecule has 0 saturated carbocycles. The number of sulfonamides is 1. The van der Waals surface area contributed by atoms with Crippen LogP contribution in [0.2, 0.25) is 10.0 Å². The molecule has 1 N–H and O–H groups in total. The molecule has 2 aromatic rings. The number of nitrogens with zero attached hydrogens (tertiary/aromatic N) is 2. The standard InChI is InChI=1S/C24H31Cl2N3O5S/c1-6-21(24(31)27-16(2)3)28(14-17-7-10-19(34-4)11-8-17)23(30)15-29(35(5,32)33)22-12-9-18(25)13-20(22)26/h7-13,16,21H,6,14-15H2,1-5H3,(H,27,31)/t21-/m0/s1. The van der Waals surface area contributed by atoms with Crippen molar-refractivity contribution in [2.24, 2.45) is 0 Å². The Bertz CT molecular complexity index is 1140. The number of ether oxygens (including phenoxy) is 1. The van der Waals surface area contributed by atoms with Crippen molar-refractivity contribution in [3.05, 3.63) is 58.1 Å². The number of anilines is 1. The van der Waals surface area contributed by atoms with E-state index in [2.05, 4.69) is 5.32 Å². The van der Waals surface area contributed by atoms with E-state index in [0.29, 0.717) is 17.2 Å². The van der Waals surface area contributed by atoms with E-state index >= 15 is 0 Å². The zero-order valence-corrected chi connectivity index (χ0v) is 22.7. The molecular formula is C24H31Cl2N3O5S. The van der Waals surface area contributed by atoms with Crippen molar-refractivity contribution < 1.29 is 22.7 Å². The normalized spacial score (nSPS) is 12.2. The van der Waals surface area contributed by atoms with Gasteiger partial charge in [0.25, 0.3) is 0 Å². The summed E-state index contributed by atoms with van der Waals surface area (Å²) in [6, 6.07) is 10.5. The van der Waals surface area contributed by atoms with Crippen LogP contribution < -0.4 is 14.4 Å². The molecule has 2 amide bonds. The molecular weight excluding hydrogens is 513 g/mol. The molecule has 0 aliphatic rings. The van der Waals surface area contributed by atoms with Crippen LogP contribution in [0.1, 0.15) is 32.8 Å².